The lowest BCUT2D eigenvalue weighted by atomic mass is 9.81. The molecule has 0 bridgehead atoms. The van der Waals surface area contributed by atoms with Crippen LogP contribution in [0, 0.1) is 0 Å². The molecule has 7 nitrogen and oxygen atoms in total. The number of fused-ring (bicyclic) bond motifs is 7. The monoisotopic (exact) mass is 510 g/mol. The Kier molecular flexibility index (Phi) is 3.99. The van der Waals surface area contributed by atoms with Gasteiger partial charge in [-0.2, -0.15) is 0 Å². The van der Waals surface area contributed by atoms with Crippen LogP contribution in [0.4, 0.5) is 22.7 Å². The topological polar surface area (TPSA) is 61.7 Å². The average molecular weight is 511 g/mol. The molecule has 38 heavy (non-hydrogen) atoms. The molecular formula is C31H34N4O3+2. The number of rotatable bonds is 0. The van der Waals surface area contributed by atoms with Crippen LogP contribution in [-0.4, -0.2) is 38.7 Å². The molecule has 0 amide bonds. The molecule has 3 aromatic rings. The number of ether oxygens (including phenoxy) is 2. The smallest absolute Gasteiger partial charge is 0.458 e. The molecule has 2 N–H and O–H groups in total. The van der Waals surface area contributed by atoms with E-state index in [2.05, 4.69) is 98.0 Å². The largest absolute Gasteiger partial charge is 0.715 e. The number of nitrogens with zero attached hydrogens (tertiary/aromatic N) is 2. The van der Waals surface area contributed by atoms with Crippen molar-refractivity contribution >= 4 is 35.2 Å². The van der Waals surface area contributed by atoms with Gasteiger partial charge in [-0.3, -0.25) is 0 Å². The standard InChI is InChI=1S/C31H32N4O3/c1-17-11-29(3,4)32-23-9-27-19(7-21(17)23)13-34-25-15-36-16-26(25)35-14-20-8-22-18(2)12-30(5,6)33-24(22)10-28(20)38-31(34,35)37-27/h7-10,13-18H,11-12H2,1-6H3/p+2. The number of furan rings is 1. The van der Waals surface area contributed by atoms with Crippen LogP contribution < -0.4 is 20.1 Å². The lowest BCUT2D eigenvalue weighted by Crippen LogP contribution is -2.58. The summed E-state index contributed by atoms with van der Waals surface area (Å²) >= 11 is 0. The summed E-state index contributed by atoms with van der Waals surface area (Å²) in [7, 11) is 0. The maximum absolute atomic E-state index is 6.89. The minimum absolute atomic E-state index is 0.0256. The Labute approximate surface area is 222 Å². The number of nitrogens with one attached hydrogen (secondary N) is 2. The van der Waals surface area contributed by atoms with E-state index in [4.69, 9.17) is 13.9 Å². The predicted molar refractivity (Wildman–Crippen MR) is 147 cm³/mol. The Morgan fingerprint density at radius 1 is 0.711 bits per heavy atom. The van der Waals surface area contributed by atoms with Gasteiger partial charge in [0.15, 0.2) is 36.5 Å². The van der Waals surface area contributed by atoms with E-state index in [1.54, 1.807) is 12.5 Å². The van der Waals surface area contributed by atoms with Gasteiger partial charge in [-0.15, -0.1) is 0 Å². The molecule has 0 saturated heterocycles. The van der Waals surface area contributed by atoms with E-state index in [0.29, 0.717) is 11.8 Å². The molecule has 7 heteroatoms. The van der Waals surface area contributed by atoms with E-state index in [1.807, 2.05) is 0 Å². The Balaban J connectivity index is 1.30. The third-order valence-electron chi connectivity index (χ3n) is 8.78. The molecule has 6 heterocycles. The van der Waals surface area contributed by atoms with Crippen molar-refractivity contribution in [1.29, 1.82) is 0 Å². The molecule has 0 radical (unpaired) electrons. The Morgan fingerprint density at radius 2 is 1.16 bits per heavy atom. The first kappa shape index (κ1) is 22.3. The van der Waals surface area contributed by atoms with Crippen LogP contribution >= 0.6 is 0 Å². The van der Waals surface area contributed by atoms with Gasteiger partial charge in [-0.25, -0.2) is 0 Å². The zero-order valence-corrected chi connectivity index (χ0v) is 22.8. The van der Waals surface area contributed by atoms with E-state index in [0.717, 1.165) is 58.2 Å². The lowest BCUT2D eigenvalue weighted by molar-refractivity contribution is -0.832. The van der Waals surface area contributed by atoms with E-state index < -0.39 is 6.03 Å². The molecule has 1 spiro atoms. The van der Waals surface area contributed by atoms with E-state index >= 15 is 0 Å². The van der Waals surface area contributed by atoms with Gasteiger partial charge >= 0.3 is 17.4 Å². The van der Waals surface area contributed by atoms with E-state index in [9.17, 15) is 0 Å². The van der Waals surface area contributed by atoms with Gasteiger partial charge in [0, 0.05) is 34.6 Å². The molecule has 8 rings (SSSR count). The number of hydrogen-bond acceptors (Lipinski definition) is 5. The summed E-state index contributed by atoms with van der Waals surface area (Å²) in [6.07, 6.45) is 9.97. The highest BCUT2D eigenvalue weighted by atomic mass is 16.7. The van der Waals surface area contributed by atoms with Crippen LogP contribution in [0.15, 0.2) is 41.2 Å². The van der Waals surface area contributed by atoms with Gasteiger partial charge in [0.05, 0.1) is 11.1 Å². The van der Waals surface area contributed by atoms with Crippen LogP contribution in [0.3, 0.4) is 0 Å². The SMILES string of the molecule is CC1CC(C)(C)Nc2cc3c(cc21)C=[N+]1c2cocc2[N+]2=Cc4cc5c(cc4OC12O3)NC(C)(C)CC5C. The molecule has 5 aliphatic heterocycles. The molecule has 2 unspecified atom stereocenters. The van der Waals surface area contributed by atoms with Crippen molar-refractivity contribution in [3.63, 3.8) is 0 Å². The number of hydrogen-bond donors (Lipinski definition) is 2. The van der Waals surface area contributed by atoms with Crippen LogP contribution in [0.5, 0.6) is 11.5 Å². The van der Waals surface area contributed by atoms with Crippen molar-refractivity contribution < 1.29 is 23.0 Å². The first-order valence-corrected chi connectivity index (χ1v) is 13.7. The zero-order chi connectivity index (χ0) is 26.2. The first-order valence-electron chi connectivity index (χ1n) is 13.7. The Bertz CT molecular complexity index is 1510. The van der Waals surface area contributed by atoms with Gasteiger partial charge in [0.2, 0.25) is 0 Å². The normalized spacial score (nSPS) is 28.2. The quantitative estimate of drug-likeness (QED) is 0.333. The average Bonchev–Trinajstić information content (AvgIpc) is 3.37. The second kappa shape index (κ2) is 6.82. The highest BCUT2D eigenvalue weighted by Gasteiger charge is 2.73. The summed E-state index contributed by atoms with van der Waals surface area (Å²) in [5.74, 6) is 2.50. The van der Waals surface area contributed by atoms with Gasteiger partial charge in [0.1, 0.15) is 0 Å². The zero-order valence-electron chi connectivity index (χ0n) is 22.8. The van der Waals surface area contributed by atoms with Crippen LogP contribution in [0.2, 0.25) is 0 Å². The molecule has 0 aliphatic carbocycles. The van der Waals surface area contributed by atoms with Crippen molar-refractivity contribution in [2.24, 2.45) is 0 Å². The fourth-order valence-electron chi connectivity index (χ4n) is 7.37. The maximum atomic E-state index is 6.89. The summed E-state index contributed by atoms with van der Waals surface area (Å²) in [6.45, 7) is 13.6. The van der Waals surface area contributed by atoms with Crippen LogP contribution in [0.25, 0.3) is 0 Å². The predicted octanol–water partition coefficient (Wildman–Crippen LogP) is 6.61. The van der Waals surface area contributed by atoms with Crippen molar-refractivity contribution in [3.8, 4) is 11.5 Å². The second-order valence-electron chi connectivity index (χ2n) is 13.1. The lowest BCUT2D eigenvalue weighted by Gasteiger charge is -2.38. The van der Waals surface area contributed by atoms with Crippen molar-refractivity contribution in [2.75, 3.05) is 10.6 Å². The first-order chi connectivity index (χ1) is 18.0. The highest BCUT2D eigenvalue weighted by molar-refractivity contribution is 5.88. The van der Waals surface area contributed by atoms with Crippen LogP contribution in [-0.2, 0) is 0 Å². The third-order valence-corrected chi connectivity index (χ3v) is 8.78. The minimum atomic E-state index is -1.20. The maximum Gasteiger partial charge on any atom is 0.715 e. The second-order valence-corrected chi connectivity index (χ2v) is 13.1. The molecule has 194 valence electrons. The fourth-order valence-corrected chi connectivity index (χ4v) is 7.37. The summed E-state index contributed by atoms with van der Waals surface area (Å²) in [5.41, 5.74) is 8.86. The third kappa shape index (κ3) is 2.90. The van der Waals surface area contributed by atoms with Gasteiger partial charge < -0.3 is 24.5 Å². The summed E-state index contributed by atoms with van der Waals surface area (Å²) < 4.78 is 23.6. The summed E-state index contributed by atoms with van der Waals surface area (Å²) in [6, 6.07) is 7.62. The van der Waals surface area contributed by atoms with Crippen molar-refractivity contribution in [3.05, 3.63) is 59.0 Å². The number of benzene rings is 2. The number of anilines is 2. The van der Waals surface area contributed by atoms with Gasteiger partial charge in [0.25, 0.3) is 0 Å². The minimum Gasteiger partial charge on any atom is -0.458 e. The fraction of sp³-hybridized carbons (Fsp3) is 0.419. The molecule has 2 aromatic carbocycles. The van der Waals surface area contributed by atoms with Gasteiger partial charge in [-0.1, -0.05) is 13.8 Å². The summed E-state index contributed by atoms with van der Waals surface area (Å²) in [5, 5.41) is 7.45. The van der Waals surface area contributed by atoms with E-state index in [1.165, 1.54) is 11.1 Å². The summed E-state index contributed by atoms with van der Waals surface area (Å²) in [4.78, 5) is 0. The van der Waals surface area contributed by atoms with Crippen molar-refractivity contribution in [2.45, 2.75) is 83.3 Å². The molecule has 2 atom stereocenters. The molecule has 0 fully saturated rings. The molecule has 5 aliphatic rings. The van der Waals surface area contributed by atoms with E-state index in [-0.39, 0.29) is 11.1 Å². The van der Waals surface area contributed by atoms with Crippen molar-refractivity contribution in [1.82, 2.24) is 0 Å². The molecule has 0 saturated carbocycles. The molecule has 1 aromatic heterocycles. The molecular weight excluding hydrogens is 476 g/mol. The van der Waals surface area contributed by atoms with Gasteiger partial charge in [-0.05, 0) is 84.8 Å². The van der Waals surface area contributed by atoms with Crippen LogP contribution in [0.1, 0.15) is 88.5 Å². The highest BCUT2D eigenvalue weighted by Crippen LogP contribution is 2.52. The Morgan fingerprint density at radius 3 is 1.61 bits per heavy atom. The Hall–Kier alpha value is -3.74.